The van der Waals surface area contributed by atoms with Crippen molar-refractivity contribution in [1.29, 1.82) is 0 Å². The Labute approximate surface area is 115 Å². The summed E-state index contributed by atoms with van der Waals surface area (Å²) in [5.74, 6) is 0.0872. The standard InChI is InChI=1S/C14H14FN3O2/c1-20-10-7-5-9(6-8-10)17-14(19)18-13-11(15)3-2-4-12(13)16/h2-8H,16H2,1H3,(H2,17,18,19). The minimum Gasteiger partial charge on any atom is -0.497 e. The van der Waals surface area contributed by atoms with Crippen LogP contribution in [-0.4, -0.2) is 13.1 Å². The maximum absolute atomic E-state index is 13.5. The first-order chi connectivity index (χ1) is 9.60. The molecule has 2 aromatic rings. The minimum absolute atomic E-state index is 0.0430. The van der Waals surface area contributed by atoms with Crippen LogP contribution in [0.4, 0.5) is 26.2 Å². The van der Waals surface area contributed by atoms with Gasteiger partial charge >= 0.3 is 6.03 Å². The topological polar surface area (TPSA) is 76.4 Å². The van der Waals surface area contributed by atoms with Crippen LogP contribution in [0.3, 0.4) is 0 Å². The summed E-state index contributed by atoms with van der Waals surface area (Å²) < 4.78 is 18.5. The summed E-state index contributed by atoms with van der Waals surface area (Å²) in [4.78, 5) is 11.8. The smallest absolute Gasteiger partial charge is 0.323 e. The molecule has 20 heavy (non-hydrogen) atoms. The zero-order valence-corrected chi connectivity index (χ0v) is 10.8. The molecule has 2 amide bonds. The SMILES string of the molecule is COc1ccc(NC(=O)Nc2c(N)cccc2F)cc1. The van der Waals surface area contributed by atoms with Crippen LogP contribution in [0.1, 0.15) is 0 Å². The van der Waals surface area contributed by atoms with Gasteiger partial charge in [0.25, 0.3) is 0 Å². The van der Waals surface area contributed by atoms with Gasteiger partial charge in [0.05, 0.1) is 12.8 Å². The lowest BCUT2D eigenvalue weighted by Gasteiger charge is -2.10. The minimum atomic E-state index is -0.588. The molecule has 0 atom stereocenters. The highest BCUT2D eigenvalue weighted by Crippen LogP contribution is 2.22. The highest BCUT2D eigenvalue weighted by Gasteiger charge is 2.10. The summed E-state index contributed by atoms with van der Waals surface area (Å²) in [6.07, 6.45) is 0. The fraction of sp³-hybridized carbons (Fsp3) is 0.0714. The van der Waals surface area contributed by atoms with Crippen molar-refractivity contribution < 1.29 is 13.9 Å². The molecule has 2 aromatic carbocycles. The number of carbonyl (C=O) groups excluding carboxylic acids is 1. The first-order valence-corrected chi connectivity index (χ1v) is 5.86. The number of methoxy groups -OCH3 is 1. The summed E-state index contributed by atoms with van der Waals surface area (Å²) in [5, 5.41) is 4.94. The quantitative estimate of drug-likeness (QED) is 0.753. The third-order valence-electron chi connectivity index (χ3n) is 2.63. The van der Waals surface area contributed by atoms with E-state index in [4.69, 9.17) is 10.5 Å². The number of hydrogen-bond donors (Lipinski definition) is 3. The van der Waals surface area contributed by atoms with Gasteiger partial charge in [-0.3, -0.25) is 0 Å². The molecule has 0 radical (unpaired) electrons. The Kier molecular flexibility index (Phi) is 4.05. The molecular weight excluding hydrogens is 261 g/mol. The number of para-hydroxylation sites is 1. The fourth-order valence-corrected chi connectivity index (χ4v) is 1.62. The normalized spacial score (nSPS) is 9.90. The van der Waals surface area contributed by atoms with Crippen molar-refractivity contribution in [2.75, 3.05) is 23.5 Å². The summed E-state index contributed by atoms with van der Waals surface area (Å²) in [6.45, 7) is 0. The van der Waals surface area contributed by atoms with Crippen molar-refractivity contribution in [3.8, 4) is 5.75 Å². The molecule has 0 fully saturated rings. The predicted molar refractivity (Wildman–Crippen MR) is 76.4 cm³/mol. The number of nitrogens with one attached hydrogen (secondary N) is 2. The molecule has 104 valence electrons. The number of ether oxygens (including phenoxy) is 1. The number of amides is 2. The van der Waals surface area contributed by atoms with Crippen LogP contribution in [0.2, 0.25) is 0 Å². The lowest BCUT2D eigenvalue weighted by molar-refractivity contribution is 0.262. The van der Waals surface area contributed by atoms with Crippen molar-refractivity contribution in [2.45, 2.75) is 0 Å². The third kappa shape index (κ3) is 3.17. The number of nitrogens with two attached hydrogens (primary N) is 1. The molecule has 0 aromatic heterocycles. The van der Waals surface area contributed by atoms with E-state index >= 15 is 0 Å². The van der Waals surface area contributed by atoms with Crippen LogP contribution >= 0.6 is 0 Å². The van der Waals surface area contributed by atoms with Crippen LogP contribution in [-0.2, 0) is 0 Å². The number of anilines is 3. The van der Waals surface area contributed by atoms with Crippen molar-refractivity contribution in [3.05, 3.63) is 48.3 Å². The molecule has 0 aliphatic carbocycles. The Bertz CT molecular complexity index is 594. The van der Waals surface area contributed by atoms with Gasteiger partial charge in [-0.1, -0.05) is 6.07 Å². The number of carbonyl (C=O) groups is 1. The van der Waals surface area contributed by atoms with Crippen LogP contribution < -0.4 is 21.1 Å². The Balaban J connectivity index is 2.05. The molecule has 0 bridgehead atoms. The van der Waals surface area contributed by atoms with Gasteiger partial charge in [0.15, 0.2) is 0 Å². The van der Waals surface area contributed by atoms with Crippen LogP contribution in [0, 0.1) is 5.82 Å². The highest BCUT2D eigenvalue weighted by atomic mass is 19.1. The number of nitrogen functional groups attached to an aromatic ring is 1. The van der Waals surface area contributed by atoms with Crippen molar-refractivity contribution in [3.63, 3.8) is 0 Å². The number of halogens is 1. The molecule has 5 nitrogen and oxygen atoms in total. The van der Waals surface area contributed by atoms with Crippen molar-refractivity contribution in [1.82, 2.24) is 0 Å². The Morgan fingerprint density at radius 1 is 1.15 bits per heavy atom. The number of benzene rings is 2. The van der Waals surface area contributed by atoms with Crippen LogP contribution in [0.25, 0.3) is 0 Å². The average Bonchev–Trinajstić information content (AvgIpc) is 2.44. The number of urea groups is 1. The van der Waals surface area contributed by atoms with Gasteiger partial charge in [0.1, 0.15) is 17.3 Å². The van der Waals surface area contributed by atoms with Gasteiger partial charge in [0, 0.05) is 5.69 Å². The van der Waals surface area contributed by atoms with Crippen molar-refractivity contribution >= 4 is 23.1 Å². The van der Waals surface area contributed by atoms with E-state index in [9.17, 15) is 9.18 Å². The zero-order chi connectivity index (χ0) is 14.5. The predicted octanol–water partition coefficient (Wildman–Crippen LogP) is 3.06. The monoisotopic (exact) mass is 275 g/mol. The molecule has 0 saturated carbocycles. The Morgan fingerprint density at radius 2 is 1.85 bits per heavy atom. The van der Waals surface area contributed by atoms with Gasteiger partial charge in [-0.15, -0.1) is 0 Å². The van der Waals surface area contributed by atoms with Gasteiger partial charge in [-0.25, -0.2) is 9.18 Å². The number of rotatable bonds is 3. The van der Waals surface area contributed by atoms with E-state index in [2.05, 4.69) is 10.6 Å². The average molecular weight is 275 g/mol. The Morgan fingerprint density at radius 3 is 2.45 bits per heavy atom. The summed E-state index contributed by atoms with van der Waals surface area (Å²) in [5.41, 5.74) is 6.27. The van der Waals surface area contributed by atoms with Gasteiger partial charge in [0.2, 0.25) is 0 Å². The zero-order valence-electron chi connectivity index (χ0n) is 10.8. The van der Waals surface area contributed by atoms with Gasteiger partial charge in [-0.2, -0.15) is 0 Å². The first kappa shape index (κ1) is 13.7. The second kappa shape index (κ2) is 5.92. The molecule has 2 rings (SSSR count). The summed E-state index contributed by atoms with van der Waals surface area (Å²) >= 11 is 0. The first-order valence-electron chi connectivity index (χ1n) is 5.86. The van der Waals surface area contributed by atoms with Crippen molar-refractivity contribution in [2.24, 2.45) is 0 Å². The second-order valence-corrected chi connectivity index (χ2v) is 4.01. The maximum Gasteiger partial charge on any atom is 0.323 e. The van der Waals surface area contributed by atoms with E-state index in [0.29, 0.717) is 11.4 Å². The summed E-state index contributed by atoms with van der Waals surface area (Å²) in [7, 11) is 1.55. The van der Waals surface area contributed by atoms with E-state index in [1.54, 1.807) is 31.4 Å². The lowest BCUT2D eigenvalue weighted by atomic mass is 10.2. The largest absolute Gasteiger partial charge is 0.497 e. The van der Waals surface area contributed by atoms with Gasteiger partial charge in [-0.05, 0) is 36.4 Å². The molecule has 0 heterocycles. The van der Waals surface area contributed by atoms with Crippen LogP contribution in [0.5, 0.6) is 5.75 Å². The summed E-state index contributed by atoms with van der Waals surface area (Å²) in [6, 6.07) is 10.4. The third-order valence-corrected chi connectivity index (χ3v) is 2.63. The van der Waals surface area contributed by atoms with E-state index in [-0.39, 0.29) is 11.4 Å². The lowest BCUT2D eigenvalue weighted by Crippen LogP contribution is -2.20. The molecule has 0 unspecified atom stereocenters. The molecule has 0 spiro atoms. The van der Waals surface area contributed by atoms with E-state index < -0.39 is 11.8 Å². The second-order valence-electron chi connectivity index (χ2n) is 4.01. The van der Waals surface area contributed by atoms with E-state index in [1.165, 1.54) is 18.2 Å². The highest BCUT2D eigenvalue weighted by molar-refractivity contribution is 6.01. The molecule has 4 N–H and O–H groups in total. The molecular formula is C14H14FN3O2. The van der Waals surface area contributed by atoms with E-state index in [1.807, 2.05) is 0 Å². The molecule has 6 heteroatoms. The van der Waals surface area contributed by atoms with E-state index in [0.717, 1.165) is 0 Å². The fourth-order valence-electron chi connectivity index (χ4n) is 1.62. The molecule has 0 saturated heterocycles. The van der Waals surface area contributed by atoms with Gasteiger partial charge < -0.3 is 21.1 Å². The Hall–Kier alpha value is -2.76. The molecule has 0 aliphatic heterocycles. The maximum atomic E-state index is 13.5. The molecule has 0 aliphatic rings. The number of hydrogen-bond acceptors (Lipinski definition) is 3. The van der Waals surface area contributed by atoms with Crippen LogP contribution in [0.15, 0.2) is 42.5 Å².